The maximum Gasteiger partial charge on any atom is 0.0593 e. The van der Waals surface area contributed by atoms with Gasteiger partial charge in [0.1, 0.15) is 0 Å². The van der Waals surface area contributed by atoms with Gasteiger partial charge in [0, 0.05) is 13.2 Å². The van der Waals surface area contributed by atoms with Crippen molar-refractivity contribution >= 4 is 0 Å². The fourth-order valence-electron chi connectivity index (χ4n) is 2.18. The van der Waals surface area contributed by atoms with E-state index < -0.39 is 0 Å². The number of hydrogen-bond acceptors (Lipinski definition) is 2. The van der Waals surface area contributed by atoms with Crippen LogP contribution in [-0.4, -0.2) is 37.7 Å². The molecule has 2 heteroatoms. The smallest absolute Gasteiger partial charge is 0.0593 e. The highest BCUT2D eigenvalue weighted by Crippen LogP contribution is 2.15. The van der Waals surface area contributed by atoms with Gasteiger partial charge in [-0.25, -0.2) is 0 Å². The topological polar surface area (TPSA) is 12.5 Å². The van der Waals surface area contributed by atoms with Gasteiger partial charge in [0.2, 0.25) is 0 Å². The summed E-state index contributed by atoms with van der Waals surface area (Å²) in [5, 5.41) is 0. The molecule has 1 rings (SSSR count). The van der Waals surface area contributed by atoms with Gasteiger partial charge in [0.25, 0.3) is 0 Å². The van der Waals surface area contributed by atoms with Crippen molar-refractivity contribution in [3.63, 3.8) is 0 Å². The molecule has 0 bridgehead atoms. The first-order valence-corrected chi connectivity index (χ1v) is 6.98. The summed E-state index contributed by atoms with van der Waals surface area (Å²) >= 11 is 0. The molecule has 0 aromatic heterocycles. The average molecular weight is 227 g/mol. The highest BCUT2D eigenvalue weighted by atomic mass is 16.5. The normalized spacial score (nSPS) is 19.5. The molecular formula is C14H29NO. The fourth-order valence-corrected chi connectivity index (χ4v) is 2.18. The van der Waals surface area contributed by atoms with Gasteiger partial charge in [0.05, 0.1) is 6.61 Å². The maximum absolute atomic E-state index is 5.67. The van der Waals surface area contributed by atoms with E-state index in [0.717, 1.165) is 31.6 Å². The summed E-state index contributed by atoms with van der Waals surface area (Å²) < 4.78 is 5.67. The first kappa shape index (κ1) is 14.0. The minimum atomic E-state index is 0.812. The number of ether oxygens (including phenoxy) is 1. The Bertz CT molecular complexity index is 162. The lowest BCUT2D eigenvalue weighted by atomic mass is 9.99. The molecule has 1 saturated heterocycles. The van der Waals surface area contributed by atoms with E-state index in [4.69, 9.17) is 4.74 Å². The molecule has 0 spiro atoms. The van der Waals surface area contributed by atoms with Crippen LogP contribution in [0.4, 0.5) is 0 Å². The molecule has 0 radical (unpaired) electrons. The Morgan fingerprint density at radius 2 is 1.88 bits per heavy atom. The maximum atomic E-state index is 5.67. The van der Waals surface area contributed by atoms with Crippen LogP contribution >= 0.6 is 0 Å². The van der Waals surface area contributed by atoms with Crippen LogP contribution in [0.2, 0.25) is 0 Å². The quantitative estimate of drug-likeness (QED) is 0.619. The highest BCUT2D eigenvalue weighted by Gasteiger charge is 2.14. The lowest BCUT2D eigenvalue weighted by Gasteiger charge is -2.29. The van der Waals surface area contributed by atoms with E-state index in [1.165, 1.54) is 38.8 Å². The van der Waals surface area contributed by atoms with Crippen LogP contribution < -0.4 is 0 Å². The minimum absolute atomic E-state index is 0.812. The van der Waals surface area contributed by atoms with Crippen molar-refractivity contribution in [2.24, 2.45) is 11.8 Å². The van der Waals surface area contributed by atoms with E-state index in [0.29, 0.717) is 0 Å². The Balaban J connectivity index is 1.87. The molecule has 96 valence electrons. The lowest BCUT2D eigenvalue weighted by Crippen LogP contribution is -2.35. The van der Waals surface area contributed by atoms with Gasteiger partial charge in [-0.1, -0.05) is 20.8 Å². The number of likely N-dealkylation sites (tertiary alicyclic amines) is 1. The summed E-state index contributed by atoms with van der Waals surface area (Å²) in [5.41, 5.74) is 0. The van der Waals surface area contributed by atoms with Crippen molar-refractivity contribution in [2.75, 3.05) is 32.8 Å². The summed E-state index contributed by atoms with van der Waals surface area (Å²) in [6.07, 6.45) is 5.25. The zero-order valence-electron chi connectivity index (χ0n) is 11.4. The third-order valence-corrected chi connectivity index (χ3v) is 3.50. The van der Waals surface area contributed by atoms with Crippen LogP contribution in [0.5, 0.6) is 0 Å². The van der Waals surface area contributed by atoms with Crippen molar-refractivity contribution in [3.8, 4) is 0 Å². The molecule has 0 atom stereocenters. The van der Waals surface area contributed by atoms with Crippen LogP contribution in [0.25, 0.3) is 0 Å². The molecule has 16 heavy (non-hydrogen) atoms. The Morgan fingerprint density at radius 3 is 2.50 bits per heavy atom. The molecule has 0 aromatic rings. The molecule has 1 heterocycles. The van der Waals surface area contributed by atoms with E-state index in [2.05, 4.69) is 25.7 Å². The van der Waals surface area contributed by atoms with Crippen LogP contribution in [0.1, 0.15) is 46.5 Å². The number of hydrogen-bond donors (Lipinski definition) is 0. The summed E-state index contributed by atoms with van der Waals surface area (Å²) in [5.74, 6) is 1.75. The predicted octanol–water partition coefficient (Wildman–Crippen LogP) is 3.17. The summed E-state index contributed by atoms with van der Waals surface area (Å²) in [4.78, 5) is 2.54. The van der Waals surface area contributed by atoms with E-state index in [-0.39, 0.29) is 0 Å². The van der Waals surface area contributed by atoms with Crippen LogP contribution in [-0.2, 0) is 4.74 Å². The largest absolute Gasteiger partial charge is 0.380 e. The molecule has 1 fully saturated rings. The molecule has 0 N–H and O–H groups in total. The Labute approximate surface area is 101 Å². The van der Waals surface area contributed by atoms with Crippen molar-refractivity contribution in [2.45, 2.75) is 46.5 Å². The van der Waals surface area contributed by atoms with Crippen LogP contribution in [0.15, 0.2) is 0 Å². The molecule has 0 aromatic carbocycles. The molecule has 1 aliphatic heterocycles. The SMILES string of the molecule is CC(C)CCCOCCN1CCC(C)CC1. The van der Waals surface area contributed by atoms with Gasteiger partial charge in [-0.3, -0.25) is 0 Å². The molecule has 0 saturated carbocycles. The van der Waals surface area contributed by atoms with Gasteiger partial charge in [-0.15, -0.1) is 0 Å². The van der Waals surface area contributed by atoms with Gasteiger partial charge >= 0.3 is 0 Å². The van der Waals surface area contributed by atoms with E-state index in [9.17, 15) is 0 Å². The first-order chi connectivity index (χ1) is 7.68. The third-order valence-electron chi connectivity index (χ3n) is 3.50. The Morgan fingerprint density at radius 1 is 1.19 bits per heavy atom. The zero-order valence-corrected chi connectivity index (χ0v) is 11.4. The summed E-state index contributed by atoms with van der Waals surface area (Å²) in [6, 6.07) is 0. The molecule has 0 unspecified atom stereocenters. The average Bonchev–Trinajstić information content (AvgIpc) is 2.25. The molecule has 1 aliphatic rings. The second kappa shape index (κ2) is 8.08. The van der Waals surface area contributed by atoms with Crippen LogP contribution in [0.3, 0.4) is 0 Å². The standard InChI is InChI=1S/C14H29NO/c1-13(2)5-4-11-16-12-10-15-8-6-14(3)7-9-15/h13-14H,4-12H2,1-3H3. The second-order valence-electron chi connectivity index (χ2n) is 5.67. The summed E-state index contributed by atoms with van der Waals surface area (Å²) in [7, 11) is 0. The van der Waals surface area contributed by atoms with Gasteiger partial charge < -0.3 is 9.64 Å². The van der Waals surface area contributed by atoms with Gasteiger partial charge in [0.15, 0.2) is 0 Å². The number of piperidine rings is 1. The number of nitrogens with zero attached hydrogens (tertiary/aromatic N) is 1. The summed E-state index contributed by atoms with van der Waals surface area (Å²) in [6.45, 7) is 12.5. The third kappa shape index (κ3) is 6.49. The predicted molar refractivity (Wildman–Crippen MR) is 69.7 cm³/mol. The minimum Gasteiger partial charge on any atom is -0.380 e. The van der Waals surface area contributed by atoms with E-state index >= 15 is 0 Å². The van der Waals surface area contributed by atoms with Crippen molar-refractivity contribution in [3.05, 3.63) is 0 Å². The van der Waals surface area contributed by atoms with Crippen LogP contribution in [0, 0.1) is 11.8 Å². The molecular weight excluding hydrogens is 198 g/mol. The Hall–Kier alpha value is -0.0800. The first-order valence-electron chi connectivity index (χ1n) is 6.98. The van der Waals surface area contributed by atoms with Gasteiger partial charge in [-0.2, -0.15) is 0 Å². The Kier molecular flexibility index (Phi) is 7.06. The molecule has 0 amide bonds. The van der Waals surface area contributed by atoms with E-state index in [1.807, 2.05) is 0 Å². The van der Waals surface area contributed by atoms with Crippen molar-refractivity contribution in [1.82, 2.24) is 4.90 Å². The lowest BCUT2D eigenvalue weighted by molar-refractivity contribution is 0.0866. The van der Waals surface area contributed by atoms with Crippen molar-refractivity contribution < 1.29 is 4.74 Å². The second-order valence-corrected chi connectivity index (χ2v) is 5.67. The monoisotopic (exact) mass is 227 g/mol. The number of rotatable bonds is 7. The zero-order chi connectivity index (χ0) is 11.8. The molecule has 0 aliphatic carbocycles. The molecule has 2 nitrogen and oxygen atoms in total. The van der Waals surface area contributed by atoms with Crippen molar-refractivity contribution in [1.29, 1.82) is 0 Å². The highest BCUT2D eigenvalue weighted by molar-refractivity contribution is 4.68. The van der Waals surface area contributed by atoms with Gasteiger partial charge in [-0.05, 0) is 50.6 Å². The van der Waals surface area contributed by atoms with E-state index in [1.54, 1.807) is 0 Å². The fraction of sp³-hybridized carbons (Fsp3) is 1.00.